The van der Waals surface area contributed by atoms with Crippen LogP contribution in [0.25, 0.3) is 76.0 Å². The van der Waals surface area contributed by atoms with E-state index in [1.165, 1.54) is 103 Å². The molecule has 13 rings (SSSR count). The number of para-hydroxylation sites is 1. The highest BCUT2D eigenvalue weighted by Crippen LogP contribution is 2.59. The number of hydrogen-bond donors (Lipinski definition) is 0. The van der Waals surface area contributed by atoms with Crippen LogP contribution in [0, 0.1) is 5.92 Å². The van der Waals surface area contributed by atoms with Gasteiger partial charge in [0, 0.05) is 43.5 Å². The molecule has 0 amide bonds. The highest BCUT2D eigenvalue weighted by atomic mass is 32.1. The predicted octanol–water partition coefficient (Wildman–Crippen LogP) is 14.9. The van der Waals surface area contributed by atoms with Gasteiger partial charge in [0.15, 0.2) is 0 Å². The zero-order valence-electron chi connectivity index (χ0n) is 32.1. The minimum atomic E-state index is 0.158. The number of aromatic nitrogens is 1. The quantitative estimate of drug-likeness (QED) is 0.171. The Morgan fingerprint density at radius 3 is 2.29 bits per heavy atom. The third-order valence-electron chi connectivity index (χ3n) is 13.5. The van der Waals surface area contributed by atoms with Crippen molar-refractivity contribution in [3.05, 3.63) is 197 Å². The van der Waals surface area contributed by atoms with Crippen LogP contribution in [0.3, 0.4) is 0 Å². The van der Waals surface area contributed by atoms with Gasteiger partial charge >= 0.3 is 0 Å². The first-order valence-electron chi connectivity index (χ1n) is 20.7. The van der Waals surface area contributed by atoms with Crippen LogP contribution in [0.2, 0.25) is 0 Å². The van der Waals surface area contributed by atoms with E-state index in [0.717, 1.165) is 24.4 Å². The number of thiophene rings is 1. The second-order valence-electron chi connectivity index (χ2n) is 16.4. The van der Waals surface area contributed by atoms with Crippen molar-refractivity contribution in [1.82, 2.24) is 4.57 Å². The summed E-state index contributed by atoms with van der Waals surface area (Å²) in [5.74, 6) is 1.78. The van der Waals surface area contributed by atoms with Gasteiger partial charge in [-0.25, -0.2) is 4.99 Å². The molecule has 0 saturated carbocycles. The molecular weight excluding hydrogens is 721 g/mol. The van der Waals surface area contributed by atoms with E-state index in [0.29, 0.717) is 5.92 Å². The summed E-state index contributed by atoms with van der Waals surface area (Å²) in [5, 5.41) is 6.46. The summed E-state index contributed by atoms with van der Waals surface area (Å²) in [5.41, 5.74) is 17.4. The Morgan fingerprint density at radius 2 is 1.40 bits per heavy atom. The van der Waals surface area contributed by atoms with Gasteiger partial charge in [0.2, 0.25) is 0 Å². The molecule has 3 heterocycles. The highest BCUT2D eigenvalue weighted by molar-refractivity contribution is 7.20. The van der Waals surface area contributed by atoms with Crippen molar-refractivity contribution in [2.75, 3.05) is 0 Å². The van der Waals surface area contributed by atoms with Crippen molar-refractivity contribution in [2.24, 2.45) is 10.9 Å². The lowest BCUT2D eigenvalue weighted by atomic mass is 9.76. The van der Waals surface area contributed by atoms with Gasteiger partial charge in [0.1, 0.15) is 5.84 Å². The topological polar surface area (TPSA) is 17.3 Å². The van der Waals surface area contributed by atoms with Gasteiger partial charge in [-0.05, 0) is 104 Å². The van der Waals surface area contributed by atoms with E-state index in [9.17, 15) is 0 Å². The van der Waals surface area contributed by atoms with E-state index >= 15 is 0 Å². The van der Waals surface area contributed by atoms with Crippen LogP contribution in [0.1, 0.15) is 52.3 Å². The number of aliphatic imine (C=N–C) groups is 1. The second kappa shape index (κ2) is 12.2. The maximum absolute atomic E-state index is 5.87. The zero-order valence-corrected chi connectivity index (χ0v) is 32.9. The van der Waals surface area contributed by atoms with E-state index in [-0.39, 0.29) is 11.8 Å². The second-order valence-corrected chi connectivity index (χ2v) is 17.5. The standard InChI is InChI=1S/C55H38N2S/c1-2-38-49(37-25-24-33-16-6-7-17-34(33)28-37)54-53(42-21-11-13-23-48(42)58-54)56-55(38)57-46-22-12-10-20-41(46)51-47(57)31-45-40-27-26-35(32-14-4-3-5-15-32)29-43(40)44-30-36-18-8-9-19-39(36)52(51)50(44)45/h3-29,31,38,44,49H,2,30H2,1H3/t38-,44?,49?/m0/s1. The van der Waals surface area contributed by atoms with Crippen LogP contribution in [0.4, 0.5) is 5.69 Å². The third-order valence-corrected chi connectivity index (χ3v) is 14.8. The van der Waals surface area contributed by atoms with Crippen molar-refractivity contribution >= 4 is 65.5 Å². The molecule has 10 aromatic rings. The molecule has 274 valence electrons. The van der Waals surface area contributed by atoms with Gasteiger partial charge in [-0.15, -0.1) is 11.3 Å². The molecule has 58 heavy (non-hydrogen) atoms. The summed E-state index contributed by atoms with van der Waals surface area (Å²) in [6.45, 7) is 2.36. The average Bonchev–Trinajstić information content (AvgIpc) is 3.93. The summed E-state index contributed by atoms with van der Waals surface area (Å²) >= 11 is 1.93. The van der Waals surface area contributed by atoms with Crippen molar-refractivity contribution in [3.63, 3.8) is 0 Å². The van der Waals surface area contributed by atoms with Gasteiger partial charge in [-0.3, -0.25) is 4.57 Å². The fourth-order valence-corrected chi connectivity index (χ4v) is 12.4. The molecule has 1 aliphatic heterocycles. The molecule has 8 aromatic carbocycles. The zero-order chi connectivity index (χ0) is 38.1. The fourth-order valence-electron chi connectivity index (χ4n) is 11.0. The van der Waals surface area contributed by atoms with Crippen LogP contribution in [0.15, 0.2) is 175 Å². The molecule has 0 saturated heterocycles. The maximum Gasteiger partial charge on any atom is 0.118 e. The van der Waals surface area contributed by atoms with E-state index in [4.69, 9.17) is 4.99 Å². The molecule has 0 bridgehead atoms. The highest BCUT2D eigenvalue weighted by Gasteiger charge is 2.41. The Morgan fingerprint density at radius 1 is 0.621 bits per heavy atom. The van der Waals surface area contributed by atoms with Gasteiger partial charge in [0.05, 0.1) is 16.7 Å². The SMILES string of the molecule is CC[C@@H]1C(n2c3ccccc3c3c4c5c(cc32)-c2ccc(-c3ccccc3)cc2C5Cc2ccccc2-4)=Nc2c(sc3ccccc23)C1c1ccc2ccccc2c1. The number of nitrogens with zero attached hydrogens (tertiary/aromatic N) is 2. The molecule has 2 nitrogen and oxygen atoms in total. The molecule has 0 radical (unpaired) electrons. The minimum Gasteiger partial charge on any atom is -0.297 e. The number of fused-ring (bicyclic) bond motifs is 13. The van der Waals surface area contributed by atoms with Crippen molar-refractivity contribution in [3.8, 4) is 33.4 Å². The minimum absolute atomic E-state index is 0.158. The van der Waals surface area contributed by atoms with Crippen LogP contribution < -0.4 is 0 Å². The molecular formula is C55H38N2S. The summed E-state index contributed by atoms with van der Waals surface area (Å²) in [6, 6.07) is 63.8. The third kappa shape index (κ3) is 4.45. The van der Waals surface area contributed by atoms with Gasteiger partial charge in [-0.1, -0.05) is 153 Å². The summed E-state index contributed by atoms with van der Waals surface area (Å²) in [7, 11) is 0. The molecule has 0 fully saturated rings. The number of benzene rings is 8. The Kier molecular flexibility index (Phi) is 6.86. The van der Waals surface area contributed by atoms with Crippen molar-refractivity contribution in [1.29, 1.82) is 0 Å². The molecule has 0 spiro atoms. The first-order valence-corrected chi connectivity index (χ1v) is 21.5. The fraction of sp³-hybridized carbons (Fsp3) is 0.109. The normalized spacial score (nSPS) is 17.7. The lowest BCUT2D eigenvalue weighted by Crippen LogP contribution is -2.30. The molecule has 2 aromatic heterocycles. The molecule has 2 unspecified atom stereocenters. The average molecular weight is 759 g/mol. The number of hydrogen-bond acceptors (Lipinski definition) is 2. The molecule has 3 atom stereocenters. The Bertz CT molecular complexity index is 3380. The van der Waals surface area contributed by atoms with Crippen LogP contribution in [-0.2, 0) is 6.42 Å². The van der Waals surface area contributed by atoms with Gasteiger partial charge < -0.3 is 0 Å². The van der Waals surface area contributed by atoms with Crippen molar-refractivity contribution < 1.29 is 0 Å². The largest absolute Gasteiger partial charge is 0.297 e. The molecule has 3 heteroatoms. The first-order chi connectivity index (χ1) is 28.7. The van der Waals surface area contributed by atoms with Crippen molar-refractivity contribution in [2.45, 2.75) is 31.6 Å². The lowest BCUT2D eigenvalue weighted by Gasteiger charge is -2.33. The molecule has 2 aliphatic carbocycles. The Labute approximate surface area is 341 Å². The van der Waals surface area contributed by atoms with Crippen LogP contribution in [-0.4, -0.2) is 10.4 Å². The van der Waals surface area contributed by atoms with E-state index in [1.807, 2.05) is 11.3 Å². The Balaban J connectivity index is 1.13. The Hall–Kier alpha value is -6.55. The predicted molar refractivity (Wildman–Crippen MR) is 245 cm³/mol. The molecule has 3 aliphatic rings. The van der Waals surface area contributed by atoms with Gasteiger partial charge in [-0.2, -0.15) is 0 Å². The van der Waals surface area contributed by atoms with E-state index in [1.54, 1.807) is 0 Å². The smallest absolute Gasteiger partial charge is 0.118 e. The lowest BCUT2D eigenvalue weighted by molar-refractivity contribution is 0.573. The van der Waals surface area contributed by atoms with Crippen LogP contribution in [0.5, 0.6) is 0 Å². The summed E-state index contributed by atoms with van der Waals surface area (Å²) in [4.78, 5) is 7.25. The summed E-state index contributed by atoms with van der Waals surface area (Å²) < 4.78 is 3.89. The first kappa shape index (κ1) is 32.5. The monoisotopic (exact) mass is 758 g/mol. The maximum atomic E-state index is 5.87. The van der Waals surface area contributed by atoms with E-state index in [2.05, 4.69) is 181 Å². The van der Waals surface area contributed by atoms with Crippen LogP contribution >= 0.6 is 11.3 Å². The summed E-state index contributed by atoms with van der Waals surface area (Å²) in [6.07, 6.45) is 1.98. The van der Waals surface area contributed by atoms with Gasteiger partial charge in [0.25, 0.3) is 0 Å². The number of rotatable bonds is 3. The van der Waals surface area contributed by atoms with E-state index < -0.39 is 0 Å². The molecule has 0 N–H and O–H groups in total.